The number of hydrogen-bond donors (Lipinski definition) is 0. The molecule has 0 unspecified atom stereocenters. The zero-order valence-corrected chi connectivity index (χ0v) is 6.12. The fourth-order valence-electron chi connectivity index (χ4n) is 0.701. The molecule has 0 saturated carbocycles. The fraction of sp³-hybridized carbons (Fsp3) is 0.250. The van der Waals surface area contributed by atoms with Crippen LogP contribution >= 0.6 is 0 Å². The molecule has 1 aromatic heterocycles. The van der Waals surface area contributed by atoms with Crippen LogP contribution in [0, 0.1) is 0 Å². The van der Waals surface area contributed by atoms with Crippen molar-refractivity contribution in [3.8, 4) is 0 Å². The van der Waals surface area contributed by atoms with Crippen molar-refractivity contribution in [3.05, 3.63) is 31.0 Å². The lowest BCUT2D eigenvalue weighted by Gasteiger charge is -1.89. The predicted molar refractivity (Wildman–Crippen MR) is 40.3 cm³/mol. The minimum atomic E-state index is -0.0742. The van der Waals surface area contributed by atoms with Crippen molar-refractivity contribution < 1.29 is 9.21 Å². The molecular weight excluding hydrogens is 142 g/mol. The van der Waals surface area contributed by atoms with Gasteiger partial charge in [0, 0.05) is 6.42 Å². The van der Waals surface area contributed by atoms with Crippen LogP contribution in [-0.2, 0) is 0 Å². The molecule has 0 aromatic carbocycles. The maximum Gasteiger partial charge on any atom is 0.263 e. The van der Waals surface area contributed by atoms with Gasteiger partial charge < -0.3 is 4.42 Å². The Morgan fingerprint density at radius 3 is 3.18 bits per heavy atom. The number of ketones is 1. The second-order valence-electron chi connectivity index (χ2n) is 2.09. The second-order valence-corrected chi connectivity index (χ2v) is 2.09. The van der Waals surface area contributed by atoms with Crippen LogP contribution < -0.4 is 0 Å². The molecule has 1 heterocycles. The number of hydrogen-bond acceptors (Lipinski definition) is 3. The summed E-state index contributed by atoms with van der Waals surface area (Å²) in [6, 6.07) is 0. The van der Waals surface area contributed by atoms with Crippen LogP contribution in [0.3, 0.4) is 0 Å². The lowest BCUT2D eigenvalue weighted by Crippen LogP contribution is -1.97. The average Bonchev–Trinajstić information content (AvgIpc) is 2.52. The highest BCUT2D eigenvalue weighted by molar-refractivity contribution is 5.91. The molecule has 0 spiro atoms. The average molecular weight is 151 g/mol. The maximum atomic E-state index is 11.1. The van der Waals surface area contributed by atoms with Gasteiger partial charge in [-0.1, -0.05) is 6.08 Å². The summed E-state index contributed by atoms with van der Waals surface area (Å²) in [7, 11) is 0. The molecule has 0 bridgehead atoms. The van der Waals surface area contributed by atoms with E-state index in [2.05, 4.69) is 11.6 Å². The van der Waals surface area contributed by atoms with E-state index in [1.165, 1.54) is 12.5 Å². The molecular formula is C8H9NO2. The standard InChI is InChI=1S/C8H9NO2/c1-2-3-4-7(10)8-9-5-6-11-8/h2,5-6H,1,3-4H2. The molecule has 0 amide bonds. The highest BCUT2D eigenvalue weighted by Gasteiger charge is 2.07. The molecule has 0 atom stereocenters. The molecule has 0 aliphatic carbocycles. The van der Waals surface area contributed by atoms with E-state index >= 15 is 0 Å². The van der Waals surface area contributed by atoms with Gasteiger partial charge in [0.15, 0.2) is 0 Å². The van der Waals surface area contributed by atoms with E-state index < -0.39 is 0 Å². The Bertz CT molecular complexity index is 239. The van der Waals surface area contributed by atoms with Gasteiger partial charge in [-0.3, -0.25) is 4.79 Å². The molecule has 0 aliphatic rings. The molecule has 11 heavy (non-hydrogen) atoms. The summed E-state index contributed by atoms with van der Waals surface area (Å²) in [5.41, 5.74) is 0. The molecule has 0 saturated heterocycles. The predicted octanol–water partition coefficient (Wildman–Crippen LogP) is 1.82. The Hall–Kier alpha value is -1.38. The van der Waals surface area contributed by atoms with Crippen molar-refractivity contribution in [2.45, 2.75) is 12.8 Å². The third kappa shape index (κ3) is 2.04. The molecule has 58 valence electrons. The van der Waals surface area contributed by atoms with E-state index in [-0.39, 0.29) is 11.7 Å². The van der Waals surface area contributed by atoms with Crippen molar-refractivity contribution in [2.75, 3.05) is 0 Å². The lowest BCUT2D eigenvalue weighted by molar-refractivity contribution is 0.0950. The number of allylic oxidation sites excluding steroid dienone is 1. The van der Waals surface area contributed by atoms with E-state index in [1.807, 2.05) is 0 Å². The van der Waals surface area contributed by atoms with Crippen LogP contribution in [0.15, 0.2) is 29.5 Å². The maximum absolute atomic E-state index is 11.1. The zero-order chi connectivity index (χ0) is 8.10. The summed E-state index contributed by atoms with van der Waals surface area (Å²) in [5.74, 6) is 0.113. The molecule has 0 radical (unpaired) electrons. The first kappa shape index (κ1) is 7.72. The van der Waals surface area contributed by atoms with Gasteiger partial charge in [0.1, 0.15) is 6.26 Å². The minimum absolute atomic E-state index is 0.0742. The minimum Gasteiger partial charge on any atom is -0.442 e. The number of oxazole rings is 1. The third-order valence-electron chi connectivity index (χ3n) is 1.25. The summed E-state index contributed by atoms with van der Waals surface area (Å²) in [6.07, 6.45) is 5.63. The van der Waals surface area contributed by atoms with E-state index in [4.69, 9.17) is 4.42 Å². The first-order valence-corrected chi connectivity index (χ1v) is 3.38. The molecule has 3 heteroatoms. The van der Waals surface area contributed by atoms with Crippen LogP contribution in [-0.4, -0.2) is 10.8 Å². The largest absolute Gasteiger partial charge is 0.442 e. The van der Waals surface area contributed by atoms with E-state index in [1.54, 1.807) is 6.08 Å². The van der Waals surface area contributed by atoms with Crippen molar-refractivity contribution in [3.63, 3.8) is 0 Å². The highest BCUT2D eigenvalue weighted by atomic mass is 16.3. The number of carbonyl (C=O) groups excluding carboxylic acids is 1. The zero-order valence-electron chi connectivity index (χ0n) is 6.12. The van der Waals surface area contributed by atoms with Gasteiger partial charge in [0.2, 0.25) is 5.78 Å². The van der Waals surface area contributed by atoms with Gasteiger partial charge in [0.05, 0.1) is 6.20 Å². The topological polar surface area (TPSA) is 43.1 Å². The first-order chi connectivity index (χ1) is 5.34. The second kappa shape index (κ2) is 3.71. The summed E-state index contributed by atoms with van der Waals surface area (Å²) in [4.78, 5) is 14.8. The van der Waals surface area contributed by atoms with Crippen molar-refractivity contribution in [2.24, 2.45) is 0 Å². The number of Topliss-reactive ketones (excluding diaryl/α,β-unsaturated/α-hetero) is 1. The van der Waals surface area contributed by atoms with E-state index in [9.17, 15) is 4.79 Å². The van der Waals surface area contributed by atoms with Gasteiger partial charge >= 0.3 is 0 Å². The third-order valence-corrected chi connectivity index (χ3v) is 1.25. The fourth-order valence-corrected chi connectivity index (χ4v) is 0.701. The van der Waals surface area contributed by atoms with E-state index in [0.717, 1.165) is 0 Å². The van der Waals surface area contributed by atoms with Crippen molar-refractivity contribution in [1.82, 2.24) is 4.98 Å². The van der Waals surface area contributed by atoms with Gasteiger partial charge in [0.25, 0.3) is 5.89 Å². The van der Waals surface area contributed by atoms with Gasteiger partial charge in [-0.05, 0) is 6.42 Å². The number of carbonyl (C=O) groups is 1. The number of nitrogens with zero attached hydrogens (tertiary/aromatic N) is 1. The van der Waals surface area contributed by atoms with Crippen LogP contribution in [0.2, 0.25) is 0 Å². The molecule has 1 aromatic rings. The van der Waals surface area contributed by atoms with Gasteiger partial charge in [-0.25, -0.2) is 4.98 Å². The molecule has 0 fully saturated rings. The highest BCUT2D eigenvalue weighted by Crippen LogP contribution is 2.01. The SMILES string of the molecule is C=CCCC(=O)c1ncco1. The van der Waals surface area contributed by atoms with E-state index in [0.29, 0.717) is 12.8 Å². The lowest BCUT2D eigenvalue weighted by atomic mass is 10.2. The molecule has 1 rings (SSSR count). The summed E-state index contributed by atoms with van der Waals surface area (Å²) in [6.45, 7) is 3.51. The smallest absolute Gasteiger partial charge is 0.263 e. The monoisotopic (exact) mass is 151 g/mol. The molecule has 0 aliphatic heterocycles. The summed E-state index contributed by atoms with van der Waals surface area (Å²) in [5, 5.41) is 0. The quantitative estimate of drug-likeness (QED) is 0.487. The van der Waals surface area contributed by atoms with Crippen LogP contribution in [0.4, 0.5) is 0 Å². The van der Waals surface area contributed by atoms with Gasteiger partial charge in [-0.2, -0.15) is 0 Å². The number of rotatable bonds is 4. The Morgan fingerprint density at radius 2 is 2.64 bits per heavy atom. The van der Waals surface area contributed by atoms with Gasteiger partial charge in [-0.15, -0.1) is 6.58 Å². The normalized spacial score (nSPS) is 9.45. The van der Waals surface area contributed by atoms with Crippen LogP contribution in [0.5, 0.6) is 0 Å². The van der Waals surface area contributed by atoms with Crippen LogP contribution in [0.1, 0.15) is 23.5 Å². The molecule has 0 N–H and O–H groups in total. The Kier molecular flexibility index (Phi) is 2.60. The van der Waals surface area contributed by atoms with Crippen molar-refractivity contribution >= 4 is 5.78 Å². The summed E-state index contributed by atoms with van der Waals surface area (Å²) >= 11 is 0. The Morgan fingerprint density at radius 1 is 1.82 bits per heavy atom. The van der Waals surface area contributed by atoms with Crippen LogP contribution in [0.25, 0.3) is 0 Å². The Balaban J connectivity index is 2.49. The van der Waals surface area contributed by atoms with Crippen molar-refractivity contribution in [1.29, 1.82) is 0 Å². The Labute approximate surface area is 64.7 Å². The molecule has 3 nitrogen and oxygen atoms in total. The summed E-state index contributed by atoms with van der Waals surface area (Å²) < 4.78 is 4.80. The first-order valence-electron chi connectivity index (χ1n) is 3.38. The number of aromatic nitrogens is 1.